The van der Waals surface area contributed by atoms with Gasteiger partial charge in [-0.1, -0.05) is 31.5 Å². The van der Waals surface area contributed by atoms with Gasteiger partial charge in [0.05, 0.1) is 10.4 Å². The molecule has 0 atom stereocenters. The lowest BCUT2D eigenvalue weighted by molar-refractivity contribution is -0.122. The minimum atomic E-state index is -3.65. The molecular weight excluding hydrogens is 338 g/mol. The van der Waals surface area contributed by atoms with Gasteiger partial charge in [-0.25, -0.2) is 13.1 Å². The average Bonchev–Trinajstić information content (AvgIpc) is 2.51. The summed E-state index contributed by atoms with van der Waals surface area (Å²) in [6, 6.07) is 3.68. The third-order valence-corrected chi connectivity index (χ3v) is 6.43. The molecule has 0 aliphatic rings. The molecule has 0 radical (unpaired) electrons. The highest BCUT2D eigenvalue weighted by Crippen LogP contribution is 2.21. The van der Waals surface area contributed by atoms with E-state index >= 15 is 0 Å². The Morgan fingerprint density at radius 1 is 1.12 bits per heavy atom. The molecule has 0 saturated heterocycles. The predicted molar refractivity (Wildman–Crippen MR) is 101 cm³/mol. The van der Waals surface area contributed by atoms with Crippen LogP contribution in [0.3, 0.4) is 0 Å². The van der Waals surface area contributed by atoms with E-state index in [1.165, 1.54) is 0 Å². The van der Waals surface area contributed by atoms with E-state index in [9.17, 15) is 13.2 Å². The first-order chi connectivity index (χ1) is 11.6. The molecule has 4 N–H and O–H groups in total. The molecule has 1 aromatic carbocycles. The van der Waals surface area contributed by atoms with E-state index in [4.69, 9.17) is 5.73 Å². The Bertz CT molecular complexity index is 679. The monoisotopic (exact) mass is 369 g/mol. The summed E-state index contributed by atoms with van der Waals surface area (Å²) in [5.41, 5.74) is 7.78. The van der Waals surface area contributed by atoms with Crippen molar-refractivity contribution in [3.8, 4) is 0 Å². The second-order valence-electron chi connectivity index (χ2n) is 6.62. The first kappa shape index (κ1) is 21.6. The molecule has 0 saturated carbocycles. The molecule has 0 heterocycles. The number of nitrogens with two attached hydrogens (primary N) is 1. The van der Waals surface area contributed by atoms with Gasteiger partial charge in [-0.2, -0.15) is 0 Å². The summed E-state index contributed by atoms with van der Waals surface area (Å²) in [6.45, 7) is 9.84. The van der Waals surface area contributed by atoms with Crippen molar-refractivity contribution in [3.05, 3.63) is 28.8 Å². The number of rotatable bonds is 9. The van der Waals surface area contributed by atoms with E-state index in [0.29, 0.717) is 17.7 Å². The van der Waals surface area contributed by atoms with E-state index < -0.39 is 15.6 Å². The first-order valence-corrected chi connectivity index (χ1v) is 10.2. The topological polar surface area (TPSA) is 101 Å². The minimum Gasteiger partial charge on any atom is -0.349 e. The Morgan fingerprint density at radius 2 is 1.64 bits per heavy atom. The van der Waals surface area contributed by atoms with Crippen molar-refractivity contribution in [3.63, 3.8) is 0 Å². The largest absolute Gasteiger partial charge is 0.349 e. The Balaban J connectivity index is 2.74. The summed E-state index contributed by atoms with van der Waals surface area (Å²) in [5.74, 6) is -0.200. The van der Waals surface area contributed by atoms with E-state index in [1.54, 1.807) is 13.8 Å². The van der Waals surface area contributed by atoms with Crippen LogP contribution in [-0.4, -0.2) is 33.0 Å². The summed E-state index contributed by atoms with van der Waals surface area (Å²) in [4.78, 5) is 12.4. The molecule has 25 heavy (non-hydrogen) atoms. The second kappa shape index (κ2) is 8.78. The molecule has 1 amide bonds. The van der Waals surface area contributed by atoms with Gasteiger partial charge in [0.25, 0.3) is 0 Å². The number of carbonyl (C=O) groups excluding carboxylic acids is 1. The Labute approximate surface area is 151 Å². The van der Waals surface area contributed by atoms with Gasteiger partial charge in [-0.3, -0.25) is 4.79 Å². The molecule has 0 spiro atoms. The van der Waals surface area contributed by atoms with Gasteiger partial charge in [0.2, 0.25) is 15.9 Å². The third-order valence-electron chi connectivity index (χ3n) is 4.67. The van der Waals surface area contributed by atoms with Gasteiger partial charge in [0.1, 0.15) is 0 Å². The Morgan fingerprint density at radius 3 is 2.08 bits per heavy atom. The SMILES string of the molecule is CCC(CC)(CN)NC(=O)CCNS(=O)(=O)c1c(C)cc(C)cc1C. The zero-order chi connectivity index (χ0) is 19.3. The summed E-state index contributed by atoms with van der Waals surface area (Å²) in [7, 11) is -3.65. The average molecular weight is 370 g/mol. The van der Waals surface area contributed by atoms with Crippen LogP contribution in [0.5, 0.6) is 0 Å². The van der Waals surface area contributed by atoms with Gasteiger partial charge in [0, 0.05) is 19.5 Å². The fourth-order valence-corrected chi connectivity index (χ4v) is 4.57. The molecule has 0 aliphatic heterocycles. The first-order valence-electron chi connectivity index (χ1n) is 8.69. The molecule has 142 valence electrons. The molecule has 7 heteroatoms. The fourth-order valence-electron chi connectivity index (χ4n) is 3.09. The lowest BCUT2D eigenvalue weighted by Crippen LogP contribution is -2.53. The highest BCUT2D eigenvalue weighted by Gasteiger charge is 2.26. The molecule has 1 aromatic rings. The molecule has 0 unspecified atom stereocenters. The third kappa shape index (κ3) is 5.52. The van der Waals surface area contributed by atoms with Crippen molar-refractivity contribution in [2.24, 2.45) is 5.73 Å². The van der Waals surface area contributed by atoms with Crippen LogP contribution in [0, 0.1) is 20.8 Å². The van der Waals surface area contributed by atoms with Crippen LogP contribution in [-0.2, 0) is 14.8 Å². The molecule has 0 bridgehead atoms. The highest BCUT2D eigenvalue weighted by molar-refractivity contribution is 7.89. The number of hydrogen-bond acceptors (Lipinski definition) is 4. The van der Waals surface area contributed by atoms with Crippen LogP contribution in [0.4, 0.5) is 0 Å². The maximum Gasteiger partial charge on any atom is 0.241 e. The lowest BCUT2D eigenvalue weighted by atomic mass is 9.93. The summed E-state index contributed by atoms with van der Waals surface area (Å²) >= 11 is 0. The van der Waals surface area contributed by atoms with Crippen molar-refractivity contribution in [2.45, 2.75) is 64.3 Å². The Hall–Kier alpha value is -1.44. The number of nitrogens with one attached hydrogen (secondary N) is 2. The van der Waals surface area contributed by atoms with Crippen LogP contribution in [0.1, 0.15) is 49.8 Å². The van der Waals surface area contributed by atoms with Crippen LogP contribution < -0.4 is 15.8 Å². The summed E-state index contributed by atoms with van der Waals surface area (Å²) in [5, 5.41) is 2.94. The fraction of sp³-hybridized carbons (Fsp3) is 0.611. The number of carbonyl (C=O) groups is 1. The van der Waals surface area contributed by atoms with Crippen LogP contribution in [0.15, 0.2) is 17.0 Å². The van der Waals surface area contributed by atoms with Gasteiger partial charge in [0.15, 0.2) is 0 Å². The number of aryl methyl sites for hydroxylation is 3. The van der Waals surface area contributed by atoms with Crippen molar-refractivity contribution >= 4 is 15.9 Å². The highest BCUT2D eigenvalue weighted by atomic mass is 32.2. The van der Waals surface area contributed by atoms with E-state index in [-0.39, 0.29) is 23.8 Å². The predicted octanol–water partition coefficient (Wildman–Crippen LogP) is 1.91. The molecule has 6 nitrogen and oxygen atoms in total. The minimum absolute atomic E-state index is 0.0506. The number of sulfonamides is 1. The van der Waals surface area contributed by atoms with Crippen molar-refractivity contribution < 1.29 is 13.2 Å². The van der Waals surface area contributed by atoms with Gasteiger partial charge < -0.3 is 11.1 Å². The zero-order valence-corrected chi connectivity index (χ0v) is 16.7. The van der Waals surface area contributed by atoms with Gasteiger partial charge >= 0.3 is 0 Å². The summed E-state index contributed by atoms with van der Waals surface area (Å²) < 4.78 is 27.6. The van der Waals surface area contributed by atoms with Crippen LogP contribution >= 0.6 is 0 Å². The van der Waals surface area contributed by atoms with Gasteiger partial charge in [-0.15, -0.1) is 0 Å². The quantitative estimate of drug-likeness (QED) is 0.619. The zero-order valence-electron chi connectivity index (χ0n) is 15.9. The number of amides is 1. The number of hydrogen-bond donors (Lipinski definition) is 3. The maximum atomic E-state index is 12.6. The van der Waals surface area contributed by atoms with E-state index in [0.717, 1.165) is 18.4 Å². The van der Waals surface area contributed by atoms with Crippen molar-refractivity contribution in [1.29, 1.82) is 0 Å². The van der Waals surface area contributed by atoms with Gasteiger partial charge in [-0.05, 0) is 44.7 Å². The van der Waals surface area contributed by atoms with Crippen LogP contribution in [0.25, 0.3) is 0 Å². The van der Waals surface area contributed by atoms with Crippen molar-refractivity contribution in [1.82, 2.24) is 10.0 Å². The van der Waals surface area contributed by atoms with E-state index in [2.05, 4.69) is 10.0 Å². The summed E-state index contributed by atoms with van der Waals surface area (Å²) in [6.07, 6.45) is 1.55. The molecule has 0 aliphatic carbocycles. The molecular formula is C18H31N3O3S. The molecule has 0 aromatic heterocycles. The Kier molecular flexibility index (Phi) is 7.59. The standard InChI is InChI=1S/C18H31N3O3S/c1-6-18(7-2,12-19)21-16(22)8-9-20-25(23,24)17-14(4)10-13(3)11-15(17)5/h10-11,20H,6-9,12,19H2,1-5H3,(H,21,22). The van der Waals surface area contributed by atoms with E-state index in [1.807, 2.05) is 32.9 Å². The van der Waals surface area contributed by atoms with Crippen molar-refractivity contribution in [2.75, 3.05) is 13.1 Å². The second-order valence-corrected chi connectivity index (χ2v) is 8.32. The molecule has 1 rings (SSSR count). The number of benzene rings is 1. The lowest BCUT2D eigenvalue weighted by Gasteiger charge is -2.31. The normalized spacial score (nSPS) is 12.2. The maximum absolute atomic E-state index is 12.6. The smallest absolute Gasteiger partial charge is 0.241 e. The van der Waals surface area contributed by atoms with Crippen LogP contribution in [0.2, 0.25) is 0 Å². The molecule has 0 fully saturated rings.